The van der Waals surface area contributed by atoms with Gasteiger partial charge in [-0.1, -0.05) is 17.4 Å². The molecule has 20 heavy (non-hydrogen) atoms. The minimum atomic E-state index is -0.800. The van der Waals surface area contributed by atoms with Gasteiger partial charge in [0.1, 0.15) is 5.69 Å². The Balaban J connectivity index is 2.04. The molecule has 106 valence electrons. The van der Waals surface area contributed by atoms with E-state index in [0.717, 1.165) is 10.7 Å². The number of aliphatic carboxylic acids is 1. The van der Waals surface area contributed by atoms with Crippen LogP contribution < -0.4 is 5.32 Å². The largest absolute Gasteiger partial charge is 0.481 e. The van der Waals surface area contributed by atoms with Gasteiger partial charge < -0.3 is 10.4 Å². The number of hydrogen-bond donors (Lipinski definition) is 2. The number of pyridine rings is 1. The highest BCUT2D eigenvalue weighted by molar-refractivity contribution is 7.18. The molecule has 0 spiro atoms. The summed E-state index contributed by atoms with van der Waals surface area (Å²) < 4.78 is 0. The van der Waals surface area contributed by atoms with Crippen molar-refractivity contribution in [1.29, 1.82) is 0 Å². The second-order valence-electron chi connectivity index (χ2n) is 5.03. The van der Waals surface area contributed by atoms with Crippen LogP contribution >= 0.6 is 11.3 Å². The first-order chi connectivity index (χ1) is 9.46. The molecule has 2 aromatic rings. The molecule has 2 heterocycles. The zero-order chi connectivity index (χ0) is 14.6. The standard InChI is InChI=1S/C13H16N4O2S/c1-13(2,7-6-10(18)19)15-12-17-16-11(20-12)9-5-3-4-8-14-9/h3-5,8H,6-7H2,1-2H3,(H,15,17)(H,18,19). The predicted octanol–water partition coefficient (Wildman–Crippen LogP) is 2.66. The molecular weight excluding hydrogens is 276 g/mol. The number of nitrogens with one attached hydrogen (secondary N) is 1. The summed E-state index contributed by atoms with van der Waals surface area (Å²) in [6.45, 7) is 3.88. The fraction of sp³-hybridized carbons (Fsp3) is 0.385. The first kappa shape index (κ1) is 14.4. The highest BCUT2D eigenvalue weighted by atomic mass is 32.1. The van der Waals surface area contributed by atoms with Crippen LogP contribution in [0.15, 0.2) is 24.4 Å². The Morgan fingerprint density at radius 3 is 2.85 bits per heavy atom. The molecule has 2 rings (SSSR count). The van der Waals surface area contributed by atoms with Gasteiger partial charge in [-0.05, 0) is 32.4 Å². The van der Waals surface area contributed by atoms with E-state index in [9.17, 15) is 4.79 Å². The van der Waals surface area contributed by atoms with Crippen molar-refractivity contribution in [3.05, 3.63) is 24.4 Å². The zero-order valence-electron chi connectivity index (χ0n) is 11.3. The first-order valence-electron chi connectivity index (χ1n) is 6.21. The van der Waals surface area contributed by atoms with Crippen LogP contribution in [0.3, 0.4) is 0 Å². The molecule has 2 N–H and O–H groups in total. The zero-order valence-corrected chi connectivity index (χ0v) is 12.1. The van der Waals surface area contributed by atoms with Crippen molar-refractivity contribution in [2.45, 2.75) is 32.2 Å². The van der Waals surface area contributed by atoms with Gasteiger partial charge in [0.05, 0.1) is 0 Å². The lowest BCUT2D eigenvalue weighted by molar-refractivity contribution is -0.137. The Morgan fingerprint density at radius 1 is 1.40 bits per heavy atom. The van der Waals surface area contributed by atoms with Gasteiger partial charge in [0.25, 0.3) is 0 Å². The van der Waals surface area contributed by atoms with E-state index in [4.69, 9.17) is 5.11 Å². The predicted molar refractivity (Wildman–Crippen MR) is 77.7 cm³/mol. The average Bonchev–Trinajstić information content (AvgIpc) is 2.85. The van der Waals surface area contributed by atoms with Crippen LogP contribution in [0.4, 0.5) is 5.13 Å². The van der Waals surface area contributed by atoms with Crippen LogP contribution in [0.2, 0.25) is 0 Å². The van der Waals surface area contributed by atoms with Crippen LogP contribution in [0.1, 0.15) is 26.7 Å². The molecule has 0 aliphatic heterocycles. The highest BCUT2D eigenvalue weighted by Crippen LogP contribution is 2.27. The number of carbonyl (C=O) groups is 1. The third-order valence-electron chi connectivity index (χ3n) is 2.72. The molecule has 0 saturated heterocycles. The van der Waals surface area contributed by atoms with Crippen LogP contribution in [0.5, 0.6) is 0 Å². The normalized spacial score (nSPS) is 11.3. The monoisotopic (exact) mass is 292 g/mol. The van der Waals surface area contributed by atoms with Crippen LogP contribution in [-0.2, 0) is 4.79 Å². The Kier molecular flexibility index (Phi) is 4.29. The topological polar surface area (TPSA) is 88.0 Å². The van der Waals surface area contributed by atoms with E-state index in [0.29, 0.717) is 11.6 Å². The molecule has 0 saturated carbocycles. The van der Waals surface area contributed by atoms with Gasteiger partial charge in [0.15, 0.2) is 5.01 Å². The van der Waals surface area contributed by atoms with Crippen molar-refractivity contribution < 1.29 is 9.90 Å². The summed E-state index contributed by atoms with van der Waals surface area (Å²) in [6.07, 6.45) is 2.34. The number of aromatic nitrogens is 3. The maximum absolute atomic E-state index is 10.6. The molecule has 7 heteroatoms. The summed E-state index contributed by atoms with van der Waals surface area (Å²) in [6, 6.07) is 5.62. The van der Waals surface area contributed by atoms with Gasteiger partial charge in [-0.15, -0.1) is 10.2 Å². The SMILES string of the molecule is CC(C)(CCC(=O)O)Nc1nnc(-c2ccccn2)s1. The Hall–Kier alpha value is -2.02. The van der Waals surface area contributed by atoms with Crippen LogP contribution in [0, 0.1) is 0 Å². The molecule has 0 fully saturated rings. The number of anilines is 1. The highest BCUT2D eigenvalue weighted by Gasteiger charge is 2.21. The molecule has 0 bridgehead atoms. The lowest BCUT2D eigenvalue weighted by atomic mass is 9.99. The van der Waals surface area contributed by atoms with Gasteiger partial charge >= 0.3 is 5.97 Å². The van der Waals surface area contributed by atoms with Gasteiger partial charge in [-0.2, -0.15) is 0 Å². The number of carboxylic acids is 1. The van der Waals surface area contributed by atoms with Crippen molar-refractivity contribution in [1.82, 2.24) is 15.2 Å². The van der Waals surface area contributed by atoms with Crippen molar-refractivity contribution >= 4 is 22.4 Å². The molecular formula is C13H16N4O2S. The van der Waals surface area contributed by atoms with E-state index in [-0.39, 0.29) is 12.0 Å². The quantitative estimate of drug-likeness (QED) is 0.851. The molecule has 0 aromatic carbocycles. The van der Waals surface area contributed by atoms with Crippen LogP contribution in [-0.4, -0.2) is 31.8 Å². The van der Waals surface area contributed by atoms with Gasteiger partial charge in [-0.25, -0.2) is 0 Å². The van der Waals surface area contributed by atoms with Crippen LogP contribution in [0.25, 0.3) is 10.7 Å². The van der Waals surface area contributed by atoms with E-state index in [1.165, 1.54) is 11.3 Å². The molecule has 0 aliphatic carbocycles. The summed E-state index contributed by atoms with van der Waals surface area (Å²) in [5.41, 5.74) is 0.431. The second kappa shape index (κ2) is 5.96. The van der Waals surface area contributed by atoms with E-state index < -0.39 is 5.97 Å². The molecule has 6 nitrogen and oxygen atoms in total. The lowest BCUT2D eigenvalue weighted by Gasteiger charge is -2.24. The Bertz CT molecular complexity index is 583. The molecule has 0 atom stereocenters. The molecule has 0 amide bonds. The first-order valence-corrected chi connectivity index (χ1v) is 7.03. The summed E-state index contributed by atoms with van der Waals surface area (Å²) in [5.74, 6) is -0.800. The van der Waals surface area contributed by atoms with E-state index >= 15 is 0 Å². The number of nitrogens with zero attached hydrogens (tertiary/aromatic N) is 3. The van der Waals surface area contributed by atoms with Gasteiger partial charge in [-0.3, -0.25) is 9.78 Å². The molecule has 0 radical (unpaired) electrons. The summed E-state index contributed by atoms with van der Waals surface area (Å²) in [7, 11) is 0. The second-order valence-corrected chi connectivity index (χ2v) is 6.01. The van der Waals surface area contributed by atoms with Gasteiger partial charge in [0.2, 0.25) is 5.13 Å². The van der Waals surface area contributed by atoms with Gasteiger partial charge in [0, 0.05) is 18.2 Å². The smallest absolute Gasteiger partial charge is 0.303 e. The Morgan fingerprint density at radius 2 is 2.20 bits per heavy atom. The minimum Gasteiger partial charge on any atom is -0.481 e. The molecule has 2 aromatic heterocycles. The third kappa shape index (κ3) is 3.99. The number of carboxylic acid groups (broad SMARTS) is 1. The van der Waals surface area contributed by atoms with Crippen molar-refractivity contribution in [2.75, 3.05) is 5.32 Å². The Labute approximate surface area is 120 Å². The molecule has 0 unspecified atom stereocenters. The maximum Gasteiger partial charge on any atom is 0.303 e. The van der Waals surface area contributed by atoms with Crippen molar-refractivity contribution in [3.8, 4) is 10.7 Å². The fourth-order valence-electron chi connectivity index (χ4n) is 1.64. The minimum absolute atomic E-state index is 0.117. The summed E-state index contributed by atoms with van der Waals surface area (Å²) in [5, 5.41) is 21.5. The average molecular weight is 292 g/mol. The van der Waals surface area contributed by atoms with E-state index in [1.54, 1.807) is 6.20 Å². The van der Waals surface area contributed by atoms with E-state index in [2.05, 4.69) is 20.5 Å². The van der Waals surface area contributed by atoms with Crippen molar-refractivity contribution in [3.63, 3.8) is 0 Å². The van der Waals surface area contributed by atoms with Crippen molar-refractivity contribution in [2.24, 2.45) is 0 Å². The number of rotatable bonds is 6. The lowest BCUT2D eigenvalue weighted by Crippen LogP contribution is -2.31. The molecule has 0 aliphatic rings. The van der Waals surface area contributed by atoms with E-state index in [1.807, 2.05) is 32.0 Å². The summed E-state index contributed by atoms with van der Waals surface area (Å²) >= 11 is 1.40. The fourth-order valence-corrected chi connectivity index (χ4v) is 2.54. The maximum atomic E-state index is 10.6. The third-order valence-corrected chi connectivity index (χ3v) is 3.58. The number of hydrogen-bond acceptors (Lipinski definition) is 6. The summed E-state index contributed by atoms with van der Waals surface area (Å²) in [4.78, 5) is 14.8.